The van der Waals surface area contributed by atoms with Gasteiger partial charge in [-0.2, -0.15) is 5.26 Å². The zero-order valence-corrected chi connectivity index (χ0v) is 11.1. The van der Waals surface area contributed by atoms with Crippen LogP contribution in [0.3, 0.4) is 0 Å². The van der Waals surface area contributed by atoms with Crippen LogP contribution in [-0.4, -0.2) is 42.9 Å². The molecule has 0 aromatic heterocycles. The highest BCUT2D eigenvalue weighted by Gasteiger charge is 2.17. The molecule has 0 bridgehead atoms. The van der Waals surface area contributed by atoms with E-state index in [-0.39, 0.29) is 0 Å². The third-order valence-corrected chi connectivity index (χ3v) is 3.60. The number of aliphatic hydroxyl groups is 1. The van der Waals surface area contributed by atoms with Gasteiger partial charge in [-0.1, -0.05) is 6.07 Å². The molecule has 19 heavy (non-hydrogen) atoms. The van der Waals surface area contributed by atoms with Crippen LogP contribution >= 0.6 is 0 Å². The van der Waals surface area contributed by atoms with Crippen molar-refractivity contribution in [2.45, 2.75) is 12.8 Å². The van der Waals surface area contributed by atoms with Gasteiger partial charge in [0.15, 0.2) is 0 Å². The summed E-state index contributed by atoms with van der Waals surface area (Å²) in [5.41, 5.74) is 0.626. The Balaban J connectivity index is 1.70. The van der Waals surface area contributed by atoms with Gasteiger partial charge in [-0.15, -0.1) is 0 Å². The summed E-state index contributed by atoms with van der Waals surface area (Å²) in [6, 6.07) is 9.34. The molecule has 0 unspecified atom stereocenters. The fraction of sp³-hybridized carbons (Fsp3) is 0.533. The number of nitrogens with zero attached hydrogens (tertiary/aromatic N) is 2. The summed E-state index contributed by atoms with van der Waals surface area (Å²) in [5, 5.41) is 17.9. The SMILES string of the molecule is N#Cc1cccc(OCCN2CCC(CO)CC2)c1. The molecule has 102 valence electrons. The molecule has 0 radical (unpaired) electrons. The summed E-state index contributed by atoms with van der Waals surface area (Å²) < 4.78 is 5.66. The Labute approximate surface area is 114 Å². The maximum Gasteiger partial charge on any atom is 0.120 e. The number of likely N-dealkylation sites (tertiary alicyclic amines) is 1. The van der Waals surface area contributed by atoms with Gasteiger partial charge in [0.2, 0.25) is 0 Å². The number of ether oxygens (including phenoxy) is 1. The molecule has 2 rings (SSSR count). The Morgan fingerprint density at radius 1 is 1.37 bits per heavy atom. The van der Waals surface area contributed by atoms with Gasteiger partial charge in [0.1, 0.15) is 12.4 Å². The summed E-state index contributed by atoms with van der Waals surface area (Å²) in [4.78, 5) is 2.36. The molecule has 4 nitrogen and oxygen atoms in total. The largest absolute Gasteiger partial charge is 0.492 e. The fourth-order valence-electron chi connectivity index (χ4n) is 2.34. The number of nitriles is 1. The second-order valence-electron chi connectivity index (χ2n) is 4.96. The van der Waals surface area contributed by atoms with E-state index in [0.29, 0.717) is 24.7 Å². The second kappa shape index (κ2) is 7.13. The Morgan fingerprint density at radius 3 is 2.84 bits per heavy atom. The van der Waals surface area contributed by atoms with E-state index in [4.69, 9.17) is 15.1 Å². The predicted molar refractivity (Wildman–Crippen MR) is 72.9 cm³/mol. The lowest BCUT2D eigenvalue weighted by Gasteiger charge is -2.30. The lowest BCUT2D eigenvalue weighted by molar-refractivity contribution is 0.119. The molecule has 4 heteroatoms. The third kappa shape index (κ3) is 4.23. The standard InChI is InChI=1S/C15H20N2O2/c16-11-14-2-1-3-15(10-14)19-9-8-17-6-4-13(12-18)5-7-17/h1-3,10,13,18H,4-9,12H2. The normalized spacial score (nSPS) is 17.1. The van der Waals surface area contributed by atoms with E-state index in [0.717, 1.165) is 38.2 Å². The molecule has 0 amide bonds. The highest BCUT2D eigenvalue weighted by Crippen LogP contribution is 2.16. The van der Waals surface area contributed by atoms with Crippen molar-refractivity contribution in [3.8, 4) is 11.8 Å². The van der Waals surface area contributed by atoms with Gasteiger partial charge in [-0.05, 0) is 50.0 Å². The van der Waals surface area contributed by atoms with Crippen LogP contribution in [0, 0.1) is 17.2 Å². The quantitative estimate of drug-likeness (QED) is 0.874. The fourth-order valence-corrected chi connectivity index (χ4v) is 2.34. The summed E-state index contributed by atoms with van der Waals surface area (Å²) in [6.07, 6.45) is 2.14. The first-order valence-electron chi connectivity index (χ1n) is 6.78. The zero-order valence-electron chi connectivity index (χ0n) is 11.1. The van der Waals surface area contributed by atoms with Crippen molar-refractivity contribution in [3.63, 3.8) is 0 Å². The van der Waals surface area contributed by atoms with E-state index < -0.39 is 0 Å². The maximum absolute atomic E-state index is 9.08. The molecule has 1 aromatic carbocycles. The van der Waals surface area contributed by atoms with Gasteiger partial charge < -0.3 is 9.84 Å². The first-order valence-corrected chi connectivity index (χ1v) is 6.78. The molecule has 1 aromatic rings. The average molecular weight is 260 g/mol. The van der Waals surface area contributed by atoms with Crippen LogP contribution in [-0.2, 0) is 0 Å². The second-order valence-corrected chi connectivity index (χ2v) is 4.96. The average Bonchev–Trinajstić information content (AvgIpc) is 2.48. The summed E-state index contributed by atoms with van der Waals surface area (Å²) in [6.45, 7) is 3.92. The Hall–Kier alpha value is -1.57. The molecule has 1 heterocycles. The molecule has 0 atom stereocenters. The van der Waals surface area contributed by atoms with E-state index in [2.05, 4.69) is 11.0 Å². The lowest BCUT2D eigenvalue weighted by atomic mass is 9.98. The smallest absolute Gasteiger partial charge is 0.120 e. The van der Waals surface area contributed by atoms with E-state index in [1.54, 1.807) is 12.1 Å². The van der Waals surface area contributed by atoms with Crippen molar-refractivity contribution in [1.29, 1.82) is 5.26 Å². The van der Waals surface area contributed by atoms with Crippen molar-refractivity contribution in [2.75, 3.05) is 32.8 Å². The Kier molecular flexibility index (Phi) is 5.20. The van der Waals surface area contributed by atoms with E-state index in [1.165, 1.54) is 0 Å². The number of benzene rings is 1. The minimum atomic E-state index is 0.311. The van der Waals surface area contributed by atoms with Crippen molar-refractivity contribution >= 4 is 0 Å². The molecule has 1 fully saturated rings. The molecule has 1 saturated heterocycles. The Morgan fingerprint density at radius 2 is 2.16 bits per heavy atom. The van der Waals surface area contributed by atoms with Crippen molar-refractivity contribution in [2.24, 2.45) is 5.92 Å². The van der Waals surface area contributed by atoms with Crippen LogP contribution in [0.4, 0.5) is 0 Å². The first kappa shape index (κ1) is 13.9. The van der Waals surface area contributed by atoms with Crippen LogP contribution in [0.1, 0.15) is 18.4 Å². The number of aliphatic hydroxyl groups excluding tert-OH is 1. The molecule has 1 N–H and O–H groups in total. The Bertz CT molecular complexity index is 434. The summed E-state index contributed by atoms with van der Waals surface area (Å²) in [7, 11) is 0. The van der Waals surface area contributed by atoms with Crippen molar-refractivity contribution in [1.82, 2.24) is 4.90 Å². The minimum Gasteiger partial charge on any atom is -0.492 e. The van der Waals surface area contributed by atoms with Crippen LogP contribution in [0.2, 0.25) is 0 Å². The highest BCUT2D eigenvalue weighted by molar-refractivity contribution is 5.36. The molecular formula is C15H20N2O2. The van der Waals surface area contributed by atoms with E-state index in [9.17, 15) is 0 Å². The van der Waals surface area contributed by atoms with Gasteiger partial charge in [-0.25, -0.2) is 0 Å². The van der Waals surface area contributed by atoms with E-state index in [1.807, 2.05) is 12.1 Å². The third-order valence-electron chi connectivity index (χ3n) is 3.60. The highest BCUT2D eigenvalue weighted by atomic mass is 16.5. The predicted octanol–water partition coefficient (Wildman–Crippen LogP) is 1.64. The molecular weight excluding hydrogens is 240 g/mol. The maximum atomic E-state index is 9.08. The van der Waals surface area contributed by atoms with Crippen LogP contribution < -0.4 is 4.74 Å². The van der Waals surface area contributed by atoms with Gasteiger partial charge in [0.05, 0.1) is 11.6 Å². The minimum absolute atomic E-state index is 0.311. The van der Waals surface area contributed by atoms with E-state index >= 15 is 0 Å². The van der Waals surface area contributed by atoms with Crippen molar-refractivity contribution < 1.29 is 9.84 Å². The molecule has 0 spiro atoms. The zero-order chi connectivity index (χ0) is 13.5. The lowest BCUT2D eigenvalue weighted by Crippen LogP contribution is -2.37. The number of hydrogen-bond acceptors (Lipinski definition) is 4. The number of piperidine rings is 1. The molecule has 1 aliphatic heterocycles. The molecule has 0 saturated carbocycles. The van der Waals surface area contributed by atoms with Gasteiger partial charge in [0.25, 0.3) is 0 Å². The number of hydrogen-bond donors (Lipinski definition) is 1. The molecule has 0 aliphatic carbocycles. The topological polar surface area (TPSA) is 56.5 Å². The summed E-state index contributed by atoms with van der Waals surface area (Å²) >= 11 is 0. The van der Waals surface area contributed by atoms with Crippen LogP contribution in [0.15, 0.2) is 24.3 Å². The monoisotopic (exact) mass is 260 g/mol. The van der Waals surface area contributed by atoms with Gasteiger partial charge in [-0.3, -0.25) is 4.90 Å². The molecule has 1 aliphatic rings. The van der Waals surface area contributed by atoms with Crippen LogP contribution in [0.5, 0.6) is 5.75 Å². The summed E-state index contributed by atoms with van der Waals surface area (Å²) in [5.74, 6) is 1.23. The first-order chi connectivity index (χ1) is 9.31. The van der Waals surface area contributed by atoms with Gasteiger partial charge >= 0.3 is 0 Å². The van der Waals surface area contributed by atoms with Crippen molar-refractivity contribution in [3.05, 3.63) is 29.8 Å². The number of rotatable bonds is 5. The van der Waals surface area contributed by atoms with Crippen LogP contribution in [0.25, 0.3) is 0 Å². The van der Waals surface area contributed by atoms with Gasteiger partial charge in [0, 0.05) is 13.2 Å².